The van der Waals surface area contributed by atoms with Crippen molar-refractivity contribution in [2.24, 2.45) is 5.73 Å². The number of hydrogen-bond acceptors (Lipinski definition) is 5. The molecule has 1 aromatic heterocycles. The van der Waals surface area contributed by atoms with Gasteiger partial charge in [-0.05, 0) is 75.0 Å². The minimum absolute atomic E-state index is 0.0363. The van der Waals surface area contributed by atoms with Crippen molar-refractivity contribution >= 4 is 28.6 Å². The van der Waals surface area contributed by atoms with Gasteiger partial charge >= 0.3 is 5.97 Å². The van der Waals surface area contributed by atoms with Crippen LogP contribution in [0.15, 0.2) is 24.3 Å². The molecule has 1 saturated heterocycles. The number of esters is 1. The summed E-state index contributed by atoms with van der Waals surface area (Å²) in [5.74, 6) is -0.0699. The number of aryl methyl sites for hydroxylation is 2. The fourth-order valence-electron chi connectivity index (χ4n) is 4.89. The summed E-state index contributed by atoms with van der Waals surface area (Å²) in [6.07, 6.45) is 7.31. The summed E-state index contributed by atoms with van der Waals surface area (Å²) in [5.41, 5.74) is 8.92. The number of carbonyl (C=O) groups is 2. The number of rotatable bonds is 12. The zero-order valence-electron chi connectivity index (χ0n) is 20.1. The lowest BCUT2D eigenvalue weighted by atomic mass is 10.1. The second-order valence-corrected chi connectivity index (χ2v) is 9.61. The lowest BCUT2D eigenvalue weighted by molar-refractivity contribution is -0.147. The van der Waals surface area contributed by atoms with Gasteiger partial charge in [0.25, 0.3) is 0 Å². The highest BCUT2D eigenvalue weighted by atomic mass is 16.5. The number of nitrogens with one attached hydrogen (secondary N) is 3. The van der Waals surface area contributed by atoms with Crippen molar-refractivity contribution in [2.75, 3.05) is 13.2 Å². The van der Waals surface area contributed by atoms with Gasteiger partial charge < -0.3 is 25.7 Å². The Morgan fingerprint density at radius 3 is 2.82 bits per heavy atom. The van der Waals surface area contributed by atoms with Crippen LogP contribution in [0.4, 0.5) is 0 Å². The number of aromatic amines is 1. The number of fused-ring (bicyclic) bond motifs is 1. The number of hydrogen-bond donors (Lipinski definition) is 4. The molecule has 1 aromatic carbocycles. The summed E-state index contributed by atoms with van der Waals surface area (Å²) in [6, 6.07) is 8.57. The molecule has 2 fully saturated rings. The number of amidine groups is 1. The third-order valence-corrected chi connectivity index (χ3v) is 6.82. The fourth-order valence-corrected chi connectivity index (χ4v) is 4.89. The maximum Gasteiger partial charge on any atom is 0.307 e. The van der Waals surface area contributed by atoms with Crippen LogP contribution in [0.3, 0.4) is 0 Å². The number of likely N-dealkylation sites (tertiary alicyclic amines) is 1. The molecule has 5 N–H and O–H groups in total. The van der Waals surface area contributed by atoms with Gasteiger partial charge in [-0.25, -0.2) is 0 Å². The van der Waals surface area contributed by atoms with Crippen LogP contribution in [0.2, 0.25) is 0 Å². The van der Waals surface area contributed by atoms with E-state index in [1.54, 1.807) is 6.92 Å². The molecule has 1 amide bonds. The molecule has 1 saturated carbocycles. The monoisotopic (exact) mass is 467 g/mol. The van der Waals surface area contributed by atoms with Crippen molar-refractivity contribution < 1.29 is 14.3 Å². The van der Waals surface area contributed by atoms with Crippen LogP contribution in [-0.2, 0) is 27.2 Å². The largest absolute Gasteiger partial charge is 0.466 e. The average molecular weight is 468 g/mol. The van der Waals surface area contributed by atoms with E-state index in [-0.39, 0.29) is 30.2 Å². The molecule has 2 aromatic rings. The number of amides is 1. The van der Waals surface area contributed by atoms with Crippen LogP contribution in [0.5, 0.6) is 0 Å². The van der Waals surface area contributed by atoms with Crippen molar-refractivity contribution in [2.45, 2.75) is 82.8 Å². The van der Waals surface area contributed by atoms with Gasteiger partial charge in [-0.2, -0.15) is 0 Å². The molecular formula is C26H37N5O3. The first-order chi connectivity index (χ1) is 16.4. The van der Waals surface area contributed by atoms with Gasteiger partial charge in [-0.3, -0.25) is 15.0 Å². The summed E-state index contributed by atoms with van der Waals surface area (Å²) < 4.78 is 5.11. The Labute approximate surface area is 201 Å². The third-order valence-electron chi connectivity index (χ3n) is 6.82. The van der Waals surface area contributed by atoms with E-state index in [0.29, 0.717) is 19.1 Å². The zero-order valence-corrected chi connectivity index (χ0v) is 20.1. The van der Waals surface area contributed by atoms with Crippen LogP contribution in [0.1, 0.15) is 63.1 Å². The van der Waals surface area contributed by atoms with E-state index < -0.39 is 6.04 Å². The summed E-state index contributed by atoms with van der Waals surface area (Å²) in [6.45, 7) is 2.87. The molecule has 2 heterocycles. The van der Waals surface area contributed by atoms with Gasteiger partial charge in [-0.15, -0.1) is 0 Å². The van der Waals surface area contributed by atoms with Crippen LogP contribution in [-0.4, -0.2) is 58.9 Å². The van der Waals surface area contributed by atoms with E-state index >= 15 is 0 Å². The Morgan fingerprint density at radius 2 is 2.09 bits per heavy atom. The Hall–Kier alpha value is -2.87. The molecule has 0 radical (unpaired) electrons. The average Bonchev–Trinajstić information content (AvgIpc) is 3.34. The number of nitrogens with two attached hydrogens (primary N) is 1. The van der Waals surface area contributed by atoms with Crippen LogP contribution in [0.25, 0.3) is 10.9 Å². The van der Waals surface area contributed by atoms with Crippen LogP contribution < -0.4 is 11.1 Å². The normalized spacial score (nSPS) is 18.9. The SMILES string of the molecule is CCOC(=O)CC(NC1CC1)C(=O)N1CCC[C@H]1CCc1cc2ccc(CCC(=N)N)cc2[nH]1. The topological polar surface area (TPSA) is 124 Å². The molecule has 0 spiro atoms. The lowest BCUT2D eigenvalue weighted by Crippen LogP contribution is -2.50. The second-order valence-electron chi connectivity index (χ2n) is 9.61. The molecule has 1 aliphatic heterocycles. The smallest absolute Gasteiger partial charge is 0.307 e. The van der Waals surface area contributed by atoms with E-state index in [1.807, 2.05) is 4.90 Å². The van der Waals surface area contributed by atoms with Gasteiger partial charge in [0.2, 0.25) is 5.91 Å². The first kappa shape index (κ1) is 24.3. The van der Waals surface area contributed by atoms with Gasteiger partial charge in [0.1, 0.15) is 0 Å². The molecule has 2 atom stereocenters. The molecule has 2 aliphatic rings. The molecule has 8 nitrogen and oxygen atoms in total. The molecule has 184 valence electrons. The zero-order chi connectivity index (χ0) is 24.1. The lowest BCUT2D eigenvalue weighted by Gasteiger charge is -2.29. The van der Waals surface area contributed by atoms with E-state index in [9.17, 15) is 9.59 Å². The van der Waals surface area contributed by atoms with Crippen LogP contribution >= 0.6 is 0 Å². The second kappa shape index (κ2) is 11.0. The highest BCUT2D eigenvalue weighted by Crippen LogP contribution is 2.26. The quantitative estimate of drug-likeness (QED) is 0.217. The standard InChI is InChI=1S/C26H37N5O3/c1-2-34-25(32)16-23(29-19-8-9-19)26(33)31-13-3-4-21(31)11-10-20-15-18-7-5-17(6-12-24(27)28)14-22(18)30-20/h5,7,14-15,19,21,23,29-30H,2-4,6,8-13,16H2,1H3,(H3,27,28)/t21-,23?/m0/s1. The third kappa shape index (κ3) is 6.38. The van der Waals surface area contributed by atoms with E-state index in [2.05, 4.69) is 34.6 Å². The van der Waals surface area contributed by atoms with Gasteiger partial charge in [0, 0.05) is 36.3 Å². The highest BCUT2D eigenvalue weighted by molar-refractivity contribution is 5.87. The maximum absolute atomic E-state index is 13.4. The van der Waals surface area contributed by atoms with Gasteiger partial charge in [-0.1, -0.05) is 12.1 Å². The number of H-pyrrole nitrogens is 1. The summed E-state index contributed by atoms with van der Waals surface area (Å²) in [5, 5.41) is 12.0. The fraction of sp³-hybridized carbons (Fsp3) is 0.577. The van der Waals surface area contributed by atoms with Crippen molar-refractivity contribution in [3.8, 4) is 0 Å². The first-order valence-corrected chi connectivity index (χ1v) is 12.6. The molecule has 34 heavy (non-hydrogen) atoms. The number of benzene rings is 1. The predicted octanol–water partition coefficient (Wildman–Crippen LogP) is 3.03. The molecule has 1 aliphatic carbocycles. The molecule has 0 bridgehead atoms. The van der Waals surface area contributed by atoms with Gasteiger partial charge in [0.05, 0.1) is 24.9 Å². The van der Waals surface area contributed by atoms with Crippen molar-refractivity contribution in [3.63, 3.8) is 0 Å². The predicted molar refractivity (Wildman–Crippen MR) is 133 cm³/mol. The van der Waals surface area contributed by atoms with E-state index in [1.165, 1.54) is 10.9 Å². The maximum atomic E-state index is 13.4. The summed E-state index contributed by atoms with van der Waals surface area (Å²) in [4.78, 5) is 31.0. The summed E-state index contributed by atoms with van der Waals surface area (Å²) in [7, 11) is 0. The minimum atomic E-state index is -0.492. The van der Waals surface area contributed by atoms with Crippen molar-refractivity contribution in [1.29, 1.82) is 5.41 Å². The number of nitrogens with zero attached hydrogens (tertiary/aromatic N) is 1. The Kier molecular flexibility index (Phi) is 7.88. The number of ether oxygens (including phenoxy) is 1. The Morgan fingerprint density at radius 1 is 1.26 bits per heavy atom. The molecule has 4 rings (SSSR count). The Bertz CT molecular complexity index is 1030. The van der Waals surface area contributed by atoms with E-state index in [4.69, 9.17) is 15.9 Å². The minimum Gasteiger partial charge on any atom is -0.466 e. The van der Waals surface area contributed by atoms with Gasteiger partial charge in [0.15, 0.2) is 0 Å². The van der Waals surface area contributed by atoms with E-state index in [0.717, 1.165) is 62.7 Å². The van der Waals surface area contributed by atoms with Crippen molar-refractivity contribution in [1.82, 2.24) is 15.2 Å². The number of carbonyl (C=O) groups excluding carboxylic acids is 2. The highest BCUT2D eigenvalue weighted by Gasteiger charge is 2.36. The molecule has 8 heteroatoms. The van der Waals surface area contributed by atoms with Crippen molar-refractivity contribution in [3.05, 3.63) is 35.5 Å². The first-order valence-electron chi connectivity index (χ1n) is 12.6. The number of aromatic nitrogens is 1. The Balaban J connectivity index is 1.37. The molecule has 1 unspecified atom stereocenters. The van der Waals surface area contributed by atoms with Crippen LogP contribution in [0, 0.1) is 5.41 Å². The molecular weight excluding hydrogens is 430 g/mol. The summed E-state index contributed by atoms with van der Waals surface area (Å²) >= 11 is 0.